The maximum Gasteiger partial charge on any atom is 0.231 e. The molecule has 0 radical (unpaired) electrons. The molecule has 0 atom stereocenters. The van der Waals surface area contributed by atoms with Crippen molar-refractivity contribution in [1.29, 1.82) is 0 Å². The molecule has 0 spiro atoms. The van der Waals surface area contributed by atoms with Gasteiger partial charge in [0.05, 0.1) is 16.7 Å². The molecule has 2 aromatic heterocycles. The highest BCUT2D eigenvalue weighted by Gasteiger charge is 2.13. The first kappa shape index (κ1) is 24.9. The number of rotatable bonds is 6. The second kappa shape index (κ2) is 10.9. The molecule has 0 bridgehead atoms. The van der Waals surface area contributed by atoms with Crippen LogP contribution in [0.25, 0.3) is 11.5 Å². The maximum atomic E-state index is 11.7. The van der Waals surface area contributed by atoms with E-state index in [0.717, 1.165) is 6.42 Å². The number of oxazole rings is 1. The number of hydrogen-bond donors (Lipinski definition) is 3. The predicted octanol–water partition coefficient (Wildman–Crippen LogP) is 3.70. The van der Waals surface area contributed by atoms with E-state index in [1.165, 1.54) is 18.0 Å². The highest BCUT2D eigenvalue weighted by molar-refractivity contribution is 7.90. The first-order chi connectivity index (χ1) is 16.2. The van der Waals surface area contributed by atoms with Gasteiger partial charge in [0, 0.05) is 24.7 Å². The van der Waals surface area contributed by atoms with E-state index < -0.39 is 9.84 Å². The number of benzene rings is 2. The Morgan fingerprint density at radius 3 is 2.35 bits per heavy atom. The largest absolute Gasteiger partial charge is 0.441 e. The van der Waals surface area contributed by atoms with Gasteiger partial charge in [-0.2, -0.15) is 4.98 Å². The summed E-state index contributed by atoms with van der Waals surface area (Å²) >= 11 is 0. The number of anilines is 3. The topological polar surface area (TPSA) is 144 Å². The fraction of sp³-hybridized carbons (Fsp3) is 0.208. The van der Waals surface area contributed by atoms with E-state index in [2.05, 4.69) is 20.3 Å². The molecule has 0 fully saturated rings. The third-order valence-corrected chi connectivity index (χ3v) is 6.00. The Hall–Kier alpha value is -3.76. The summed E-state index contributed by atoms with van der Waals surface area (Å²) < 4.78 is 28.8. The van der Waals surface area contributed by atoms with Crippen LogP contribution in [-0.2, 0) is 16.3 Å². The van der Waals surface area contributed by atoms with Gasteiger partial charge >= 0.3 is 0 Å². The van der Waals surface area contributed by atoms with E-state index in [1.54, 1.807) is 38.2 Å². The van der Waals surface area contributed by atoms with Crippen LogP contribution in [0.3, 0.4) is 0 Å². The maximum absolute atomic E-state index is 11.7. The molecule has 178 valence electrons. The normalized spacial score (nSPS) is 10.9. The van der Waals surface area contributed by atoms with Crippen molar-refractivity contribution < 1.29 is 17.9 Å². The molecule has 4 aromatic rings. The second-order valence-corrected chi connectivity index (χ2v) is 9.59. The summed E-state index contributed by atoms with van der Waals surface area (Å²) in [7, 11) is -3.26. The molecule has 0 aliphatic heterocycles. The van der Waals surface area contributed by atoms with Gasteiger partial charge in [-0.3, -0.25) is 0 Å². The molecule has 0 saturated heterocycles. The summed E-state index contributed by atoms with van der Waals surface area (Å²) in [6.45, 7) is 3.75. The van der Waals surface area contributed by atoms with E-state index in [4.69, 9.17) is 15.3 Å². The minimum Gasteiger partial charge on any atom is -0.441 e. The molecule has 0 amide bonds. The lowest BCUT2D eigenvalue weighted by molar-refractivity contribution is 0.299. The van der Waals surface area contributed by atoms with Crippen molar-refractivity contribution in [3.05, 3.63) is 77.8 Å². The second-order valence-electron chi connectivity index (χ2n) is 7.61. The molecule has 0 unspecified atom stereocenters. The molecule has 9 nitrogen and oxygen atoms in total. The molecule has 2 heterocycles. The van der Waals surface area contributed by atoms with Gasteiger partial charge in [-0.25, -0.2) is 18.4 Å². The molecule has 4 N–H and O–H groups in total. The summed E-state index contributed by atoms with van der Waals surface area (Å²) in [5.74, 6) is 1.54. The molecular weight excluding hydrogens is 454 g/mol. The van der Waals surface area contributed by atoms with Crippen LogP contribution in [0, 0.1) is 13.8 Å². The molecule has 2 aromatic carbocycles. The lowest BCUT2D eigenvalue weighted by Gasteiger charge is -2.09. The molecule has 0 saturated carbocycles. The summed E-state index contributed by atoms with van der Waals surface area (Å²) in [6, 6.07) is 14.8. The third kappa shape index (κ3) is 6.63. The number of aryl methyl sites for hydroxylation is 2. The fourth-order valence-corrected chi connectivity index (χ4v) is 4.10. The summed E-state index contributed by atoms with van der Waals surface area (Å²) in [4.78, 5) is 12.8. The Morgan fingerprint density at radius 2 is 1.79 bits per heavy atom. The van der Waals surface area contributed by atoms with Gasteiger partial charge in [0.1, 0.15) is 11.6 Å². The van der Waals surface area contributed by atoms with Crippen molar-refractivity contribution in [1.82, 2.24) is 15.0 Å². The van der Waals surface area contributed by atoms with Crippen molar-refractivity contribution in [2.45, 2.75) is 25.2 Å². The average molecular weight is 482 g/mol. The number of hydrogen-bond acceptors (Lipinski definition) is 9. The van der Waals surface area contributed by atoms with Crippen LogP contribution >= 0.6 is 0 Å². The highest BCUT2D eigenvalue weighted by Crippen LogP contribution is 2.26. The Morgan fingerprint density at radius 1 is 1.06 bits per heavy atom. The molecule has 34 heavy (non-hydrogen) atoms. The number of aliphatic hydroxyl groups excluding tert-OH is 1. The Labute approximate surface area is 198 Å². The number of nitrogens with two attached hydrogens (primary N) is 1. The average Bonchev–Trinajstić information content (AvgIpc) is 3.20. The highest BCUT2D eigenvalue weighted by atomic mass is 32.2. The van der Waals surface area contributed by atoms with Gasteiger partial charge in [0.2, 0.25) is 11.8 Å². The zero-order valence-electron chi connectivity index (χ0n) is 19.2. The Balaban J connectivity index is 0.000000302. The lowest BCUT2D eigenvalue weighted by Crippen LogP contribution is -2.04. The van der Waals surface area contributed by atoms with Crippen molar-refractivity contribution in [3.8, 4) is 11.5 Å². The predicted molar refractivity (Wildman–Crippen MR) is 131 cm³/mol. The standard InChI is InChI=1S/C16H17N5O3S.C8H10O/c1-9-6-11(4-5-13(9)25(3,22)23)20-16-19-8-12(14(17)21-16)15-18-7-10(2)24-15;9-7-6-8-4-2-1-3-5-8/h4-8H,1-3H3,(H3,17,19,20,21);1-5,9H,6-7H2. The molecule has 0 aliphatic carbocycles. The van der Waals surface area contributed by atoms with Gasteiger partial charge in [-0.05, 0) is 49.6 Å². The lowest BCUT2D eigenvalue weighted by atomic mass is 10.2. The van der Waals surface area contributed by atoms with Crippen LogP contribution < -0.4 is 11.1 Å². The first-order valence-corrected chi connectivity index (χ1v) is 12.3. The number of aromatic nitrogens is 3. The van der Waals surface area contributed by atoms with Crippen molar-refractivity contribution in [3.63, 3.8) is 0 Å². The van der Waals surface area contributed by atoms with E-state index >= 15 is 0 Å². The van der Waals surface area contributed by atoms with Gasteiger partial charge in [-0.1, -0.05) is 30.3 Å². The van der Waals surface area contributed by atoms with Gasteiger partial charge < -0.3 is 20.6 Å². The zero-order valence-corrected chi connectivity index (χ0v) is 20.0. The number of aliphatic hydroxyl groups is 1. The summed E-state index contributed by atoms with van der Waals surface area (Å²) in [6.07, 6.45) is 5.05. The molecular formula is C24H27N5O4S. The smallest absolute Gasteiger partial charge is 0.231 e. The molecule has 10 heteroatoms. The van der Waals surface area contributed by atoms with Crippen LogP contribution in [0.4, 0.5) is 17.5 Å². The zero-order chi connectivity index (χ0) is 24.7. The van der Waals surface area contributed by atoms with E-state index in [1.807, 2.05) is 30.3 Å². The van der Waals surface area contributed by atoms with Crippen molar-refractivity contribution >= 4 is 27.3 Å². The van der Waals surface area contributed by atoms with Crippen molar-refractivity contribution in [2.75, 3.05) is 23.9 Å². The van der Waals surface area contributed by atoms with Gasteiger partial charge in [0.15, 0.2) is 9.84 Å². The first-order valence-electron chi connectivity index (χ1n) is 10.4. The minimum atomic E-state index is -3.26. The number of nitrogens with one attached hydrogen (secondary N) is 1. The van der Waals surface area contributed by atoms with Crippen molar-refractivity contribution in [2.24, 2.45) is 0 Å². The Kier molecular flexibility index (Phi) is 7.98. The van der Waals surface area contributed by atoms with Crippen LogP contribution in [-0.4, -0.2) is 41.3 Å². The molecule has 0 aliphatic rings. The van der Waals surface area contributed by atoms with Crippen LogP contribution in [0.2, 0.25) is 0 Å². The van der Waals surface area contributed by atoms with E-state index in [0.29, 0.717) is 28.5 Å². The number of nitrogen functional groups attached to an aromatic ring is 1. The van der Waals surface area contributed by atoms with E-state index in [-0.39, 0.29) is 23.3 Å². The van der Waals surface area contributed by atoms with Crippen LogP contribution in [0.5, 0.6) is 0 Å². The summed E-state index contributed by atoms with van der Waals surface area (Å²) in [5.41, 5.74) is 8.94. The van der Waals surface area contributed by atoms with Gasteiger partial charge in [0.25, 0.3) is 0 Å². The van der Waals surface area contributed by atoms with Gasteiger partial charge in [-0.15, -0.1) is 0 Å². The fourth-order valence-electron chi connectivity index (χ4n) is 3.15. The van der Waals surface area contributed by atoms with Crippen LogP contribution in [0.1, 0.15) is 16.9 Å². The minimum absolute atomic E-state index is 0.226. The SMILES string of the molecule is Cc1cnc(-c2cnc(Nc3ccc(S(C)(=O)=O)c(C)c3)nc2N)o1.OCCc1ccccc1. The Bertz CT molecular complexity index is 1360. The van der Waals surface area contributed by atoms with Crippen LogP contribution in [0.15, 0.2) is 70.2 Å². The quantitative estimate of drug-likeness (QED) is 0.375. The number of sulfone groups is 1. The summed E-state index contributed by atoms with van der Waals surface area (Å²) in [5, 5.41) is 11.5. The monoisotopic (exact) mass is 481 g/mol. The third-order valence-electron chi connectivity index (χ3n) is 4.74. The van der Waals surface area contributed by atoms with E-state index in [9.17, 15) is 8.42 Å². The number of nitrogens with zero attached hydrogens (tertiary/aromatic N) is 3. The molecule has 4 rings (SSSR count).